The van der Waals surface area contributed by atoms with Crippen LogP contribution in [0.4, 0.5) is 0 Å². The zero-order valence-corrected chi connectivity index (χ0v) is 8.34. The van der Waals surface area contributed by atoms with Crippen molar-refractivity contribution in [3.63, 3.8) is 0 Å². The van der Waals surface area contributed by atoms with Crippen molar-refractivity contribution < 1.29 is 0 Å². The van der Waals surface area contributed by atoms with Crippen molar-refractivity contribution in [3.8, 4) is 0 Å². The Labute approximate surface area is 80.6 Å². The molecule has 0 saturated carbocycles. The molecule has 0 aromatic heterocycles. The van der Waals surface area contributed by atoms with Crippen molar-refractivity contribution >= 4 is 0 Å². The summed E-state index contributed by atoms with van der Waals surface area (Å²) in [5.41, 5.74) is 2.42. The highest BCUT2D eigenvalue weighted by atomic mass is 15.2. The van der Waals surface area contributed by atoms with Crippen LogP contribution in [0.5, 0.6) is 0 Å². The Morgan fingerprint density at radius 2 is 1.85 bits per heavy atom. The molecule has 72 valence electrons. The Hall–Kier alpha value is -1.02. The monoisotopic (exact) mass is 178 g/mol. The molecule has 2 heteroatoms. The minimum atomic E-state index is 1.06. The fraction of sp³-hybridized carbons (Fsp3) is 0.455. The number of piperazine rings is 1. The predicted octanol–water partition coefficient (Wildman–Crippen LogP) is 1.54. The maximum Gasteiger partial charge on any atom is 0.0390 e. The van der Waals surface area contributed by atoms with E-state index in [1.165, 1.54) is 11.3 Å². The lowest BCUT2D eigenvalue weighted by atomic mass is 10.2. The average Bonchev–Trinajstić information content (AvgIpc) is 2.20. The fourth-order valence-electron chi connectivity index (χ4n) is 1.55. The van der Waals surface area contributed by atoms with Crippen LogP contribution in [0.1, 0.15) is 6.92 Å². The van der Waals surface area contributed by atoms with Crippen LogP contribution in [-0.4, -0.2) is 31.1 Å². The molecule has 0 spiro atoms. The molecule has 0 radical (unpaired) electrons. The van der Waals surface area contributed by atoms with E-state index >= 15 is 0 Å². The topological polar surface area (TPSA) is 15.3 Å². The lowest BCUT2D eigenvalue weighted by Crippen LogP contribution is -2.42. The highest BCUT2D eigenvalue weighted by Crippen LogP contribution is 2.12. The molecular formula is C11H18N2. The lowest BCUT2D eigenvalue weighted by Gasteiger charge is -2.31. The molecule has 1 aliphatic rings. The Balaban J connectivity index is 2.75. The van der Waals surface area contributed by atoms with E-state index in [0.717, 1.165) is 26.2 Å². The smallest absolute Gasteiger partial charge is 0.0390 e. The van der Waals surface area contributed by atoms with Crippen LogP contribution in [0.25, 0.3) is 0 Å². The highest BCUT2D eigenvalue weighted by molar-refractivity contribution is 5.28. The van der Waals surface area contributed by atoms with E-state index in [9.17, 15) is 0 Å². The maximum absolute atomic E-state index is 3.84. The van der Waals surface area contributed by atoms with Gasteiger partial charge in [-0.15, -0.1) is 0 Å². The van der Waals surface area contributed by atoms with Crippen molar-refractivity contribution in [1.29, 1.82) is 0 Å². The molecule has 0 atom stereocenters. The van der Waals surface area contributed by atoms with Gasteiger partial charge in [-0.2, -0.15) is 0 Å². The minimum Gasteiger partial charge on any atom is -0.369 e. The average molecular weight is 178 g/mol. The van der Waals surface area contributed by atoms with Crippen molar-refractivity contribution in [3.05, 3.63) is 36.6 Å². The van der Waals surface area contributed by atoms with Gasteiger partial charge in [-0.3, -0.25) is 0 Å². The Kier molecular flexibility index (Phi) is 3.77. The fourth-order valence-corrected chi connectivity index (χ4v) is 1.55. The van der Waals surface area contributed by atoms with Gasteiger partial charge in [-0.05, 0) is 18.6 Å². The molecule has 1 N–H and O–H groups in total. The summed E-state index contributed by atoms with van der Waals surface area (Å²) in [7, 11) is 0. The summed E-state index contributed by atoms with van der Waals surface area (Å²) in [6.45, 7) is 13.9. The Morgan fingerprint density at radius 3 is 2.31 bits per heavy atom. The van der Waals surface area contributed by atoms with Crippen LogP contribution in [0.2, 0.25) is 0 Å². The molecule has 0 aromatic rings. The zero-order valence-electron chi connectivity index (χ0n) is 8.34. The summed E-state index contributed by atoms with van der Waals surface area (Å²) in [5, 5.41) is 3.33. The van der Waals surface area contributed by atoms with E-state index in [4.69, 9.17) is 0 Å². The largest absolute Gasteiger partial charge is 0.369 e. The van der Waals surface area contributed by atoms with Crippen LogP contribution in [0.3, 0.4) is 0 Å². The third-order valence-electron chi connectivity index (χ3n) is 2.36. The van der Waals surface area contributed by atoms with Gasteiger partial charge in [0.2, 0.25) is 0 Å². The second-order valence-electron chi connectivity index (χ2n) is 3.21. The van der Waals surface area contributed by atoms with Crippen LogP contribution in [0.15, 0.2) is 36.6 Å². The molecule has 0 bridgehead atoms. The van der Waals surface area contributed by atoms with Gasteiger partial charge in [0.15, 0.2) is 0 Å². The zero-order chi connectivity index (χ0) is 9.68. The van der Waals surface area contributed by atoms with Gasteiger partial charge >= 0.3 is 0 Å². The van der Waals surface area contributed by atoms with Gasteiger partial charge in [0, 0.05) is 31.9 Å². The quantitative estimate of drug-likeness (QED) is 0.659. The molecule has 13 heavy (non-hydrogen) atoms. The number of nitrogens with zero attached hydrogens (tertiary/aromatic N) is 1. The molecule has 0 unspecified atom stereocenters. The van der Waals surface area contributed by atoms with Gasteiger partial charge in [0.1, 0.15) is 0 Å². The standard InChI is InChI=1S/C11H18N2/c1-4-10(3)11(5-2)13-8-6-12-7-9-13/h4-5,12H,1-2,6-9H2,3H3/b11-10+. The molecule has 1 aliphatic heterocycles. The van der Waals surface area contributed by atoms with E-state index in [0.29, 0.717) is 0 Å². The van der Waals surface area contributed by atoms with E-state index in [1.807, 2.05) is 12.2 Å². The van der Waals surface area contributed by atoms with Crippen molar-refractivity contribution in [2.24, 2.45) is 0 Å². The summed E-state index contributed by atoms with van der Waals surface area (Å²) in [4.78, 5) is 2.35. The molecule has 0 aliphatic carbocycles. The Bertz CT molecular complexity index is 222. The van der Waals surface area contributed by atoms with Gasteiger partial charge in [-0.1, -0.05) is 19.2 Å². The molecule has 0 amide bonds. The summed E-state index contributed by atoms with van der Waals surface area (Å²) in [6, 6.07) is 0. The first-order valence-electron chi connectivity index (χ1n) is 4.71. The molecule has 1 heterocycles. The second-order valence-corrected chi connectivity index (χ2v) is 3.21. The highest BCUT2D eigenvalue weighted by Gasteiger charge is 2.11. The molecule has 1 rings (SSSR count). The minimum absolute atomic E-state index is 1.06. The van der Waals surface area contributed by atoms with E-state index in [2.05, 4.69) is 30.3 Å². The number of hydrogen-bond acceptors (Lipinski definition) is 2. The van der Waals surface area contributed by atoms with Gasteiger partial charge in [0.05, 0.1) is 0 Å². The first-order valence-corrected chi connectivity index (χ1v) is 4.71. The SMILES string of the molecule is C=C/C(C)=C(\C=C)N1CCNCC1. The maximum atomic E-state index is 3.84. The molecule has 1 fully saturated rings. The lowest BCUT2D eigenvalue weighted by molar-refractivity contribution is 0.305. The predicted molar refractivity (Wildman–Crippen MR) is 57.5 cm³/mol. The summed E-state index contributed by atoms with van der Waals surface area (Å²) < 4.78 is 0. The molecule has 0 aromatic carbocycles. The molecular weight excluding hydrogens is 160 g/mol. The normalized spacial score (nSPS) is 19.3. The van der Waals surface area contributed by atoms with Crippen molar-refractivity contribution in [1.82, 2.24) is 10.2 Å². The number of hydrogen-bond donors (Lipinski definition) is 1. The third kappa shape index (κ3) is 2.46. The van der Waals surface area contributed by atoms with E-state index < -0.39 is 0 Å². The summed E-state index contributed by atoms with van der Waals surface area (Å²) in [5.74, 6) is 0. The van der Waals surface area contributed by atoms with Gasteiger partial charge < -0.3 is 10.2 Å². The molecule has 2 nitrogen and oxygen atoms in total. The first-order chi connectivity index (χ1) is 6.29. The van der Waals surface area contributed by atoms with Crippen molar-refractivity contribution in [2.45, 2.75) is 6.92 Å². The van der Waals surface area contributed by atoms with Crippen LogP contribution < -0.4 is 5.32 Å². The summed E-state index contributed by atoms with van der Waals surface area (Å²) in [6.07, 6.45) is 3.81. The first kappa shape index (κ1) is 10.1. The Morgan fingerprint density at radius 1 is 1.23 bits per heavy atom. The number of allylic oxidation sites excluding steroid dienone is 3. The number of rotatable bonds is 3. The van der Waals surface area contributed by atoms with Gasteiger partial charge in [-0.25, -0.2) is 0 Å². The van der Waals surface area contributed by atoms with Crippen LogP contribution in [-0.2, 0) is 0 Å². The third-order valence-corrected chi connectivity index (χ3v) is 2.36. The molecule has 1 saturated heterocycles. The summed E-state index contributed by atoms with van der Waals surface area (Å²) >= 11 is 0. The van der Waals surface area contributed by atoms with Crippen LogP contribution in [0, 0.1) is 0 Å². The van der Waals surface area contributed by atoms with Crippen molar-refractivity contribution in [2.75, 3.05) is 26.2 Å². The number of nitrogens with one attached hydrogen (secondary N) is 1. The second kappa shape index (κ2) is 4.87. The van der Waals surface area contributed by atoms with Gasteiger partial charge in [0.25, 0.3) is 0 Å². The van der Waals surface area contributed by atoms with Crippen LogP contribution >= 0.6 is 0 Å². The van der Waals surface area contributed by atoms with E-state index in [1.54, 1.807) is 0 Å². The van der Waals surface area contributed by atoms with E-state index in [-0.39, 0.29) is 0 Å².